The van der Waals surface area contributed by atoms with Crippen molar-refractivity contribution in [2.24, 2.45) is 0 Å². The molecule has 0 saturated carbocycles. The fourth-order valence-corrected chi connectivity index (χ4v) is 1.99. The highest BCUT2D eigenvalue weighted by Crippen LogP contribution is 2.15. The van der Waals surface area contributed by atoms with E-state index in [1.807, 2.05) is 24.3 Å². The molecule has 0 unspecified atom stereocenters. The molecule has 19 heavy (non-hydrogen) atoms. The van der Waals surface area contributed by atoms with Crippen LogP contribution in [0.25, 0.3) is 0 Å². The maximum atomic E-state index is 13.5. The second-order valence-corrected chi connectivity index (χ2v) is 5.29. The van der Waals surface area contributed by atoms with E-state index in [4.69, 9.17) is 11.6 Å². The molecule has 1 amide bonds. The number of carbonyl (C=O) groups is 1. The summed E-state index contributed by atoms with van der Waals surface area (Å²) in [7, 11) is 0. The highest BCUT2D eigenvalue weighted by atomic mass is 79.9. The zero-order valence-electron chi connectivity index (χ0n) is 9.79. The molecular weight excluding hydrogens is 333 g/mol. The molecule has 0 heterocycles. The van der Waals surface area contributed by atoms with Gasteiger partial charge < -0.3 is 5.32 Å². The lowest BCUT2D eigenvalue weighted by Gasteiger charge is -2.07. The van der Waals surface area contributed by atoms with E-state index in [0.717, 1.165) is 10.0 Å². The molecule has 2 aromatic carbocycles. The number of hydrogen-bond acceptors (Lipinski definition) is 1. The molecule has 98 valence electrons. The number of amides is 1. The quantitative estimate of drug-likeness (QED) is 0.891. The standard InChI is InChI=1S/C14H10BrClFNO/c15-10-3-1-9(2-4-10)8-18-14(19)12-7-11(16)5-6-13(12)17/h1-7H,8H2,(H,18,19). The minimum absolute atomic E-state index is 0.0513. The Morgan fingerprint density at radius 3 is 2.58 bits per heavy atom. The zero-order valence-corrected chi connectivity index (χ0v) is 12.1. The second-order valence-electron chi connectivity index (χ2n) is 3.93. The molecule has 0 fully saturated rings. The maximum Gasteiger partial charge on any atom is 0.254 e. The molecule has 0 aliphatic carbocycles. The first kappa shape index (κ1) is 14.0. The Kier molecular flexibility index (Phi) is 4.56. The summed E-state index contributed by atoms with van der Waals surface area (Å²) in [6.07, 6.45) is 0. The van der Waals surface area contributed by atoms with Crippen molar-refractivity contribution in [1.29, 1.82) is 0 Å². The fraction of sp³-hybridized carbons (Fsp3) is 0.0714. The Labute approximate surface area is 123 Å². The number of rotatable bonds is 3. The largest absolute Gasteiger partial charge is 0.348 e. The third-order valence-electron chi connectivity index (χ3n) is 2.54. The molecule has 0 aliphatic heterocycles. The lowest BCUT2D eigenvalue weighted by Crippen LogP contribution is -2.23. The maximum absolute atomic E-state index is 13.5. The first-order valence-corrected chi connectivity index (χ1v) is 6.71. The summed E-state index contributed by atoms with van der Waals surface area (Å²) in [6.45, 7) is 0.331. The van der Waals surface area contributed by atoms with Gasteiger partial charge in [-0.2, -0.15) is 0 Å². The third kappa shape index (κ3) is 3.78. The Bertz CT molecular complexity index is 601. The minimum atomic E-state index is -0.585. The van der Waals surface area contributed by atoms with Crippen LogP contribution < -0.4 is 5.32 Å². The summed E-state index contributed by atoms with van der Waals surface area (Å²) < 4.78 is 14.4. The molecule has 2 rings (SSSR count). The van der Waals surface area contributed by atoms with Crippen molar-refractivity contribution < 1.29 is 9.18 Å². The van der Waals surface area contributed by atoms with Gasteiger partial charge in [-0.25, -0.2) is 4.39 Å². The monoisotopic (exact) mass is 341 g/mol. The van der Waals surface area contributed by atoms with Gasteiger partial charge >= 0.3 is 0 Å². The first-order valence-electron chi connectivity index (χ1n) is 5.54. The van der Waals surface area contributed by atoms with E-state index < -0.39 is 11.7 Å². The molecule has 1 N–H and O–H groups in total. The van der Waals surface area contributed by atoms with Gasteiger partial charge in [-0.15, -0.1) is 0 Å². The fourth-order valence-electron chi connectivity index (χ4n) is 1.55. The average Bonchev–Trinajstić information content (AvgIpc) is 2.40. The van der Waals surface area contributed by atoms with Crippen LogP contribution in [0.3, 0.4) is 0 Å². The Hall–Kier alpha value is -1.39. The normalized spacial score (nSPS) is 10.3. The van der Waals surface area contributed by atoms with Crippen molar-refractivity contribution >= 4 is 33.4 Å². The van der Waals surface area contributed by atoms with Gasteiger partial charge in [0.1, 0.15) is 5.82 Å². The van der Waals surface area contributed by atoms with Gasteiger partial charge in [0.25, 0.3) is 5.91 Å². The molecule has 5 heteroatoms. The van der Waals surface area contributed by atoms with Crippen LogP contribution in [0.4, 0.5) is 4.39 Å². The van der Waals surface area contributed by atoms with Crippen molar-refractivity contribution in [3.05, 3.63) is 68.9 Å². The molecule has 0 aromatic heterocycles. The Balaban J connectivity index is 2.05. The molecule has 0 saturated heterocycles. The topological polar surface area (TPSA) is 29.1 Å². The summed E-state index contributed by atoms with van der Waals surface area (Å²) in [5.41, 5.74) is 0.878. The van der Waals surface area contributed by atoms with Crippen molar-refractivity contribution in [2.75, 3.05) is 0 Å². The van der Waals surface area contributed by atoms with E-state index in [0.29, 0.717) is 11.6 Å². The highest BCUT2D eigenvalue weighted by molar-refractivity contribution is 9.10. The van der Waals surface area contributed by atoms with Crippen LogP contribution in [0.5, 0.6) is 0 Å². The van der Waals surface area contributed by atoms with Crippen molar-refractivity contribution in [1.82, 2.24) is 5.32 Å². The third-order valence-corrected chi connectivity index (χ3v) is 3.30. The summed E-state index contributed by atoms with van der Waals surface area (Å²) in [5, 5.41) is 2.98. The Morgan fingerprint density at radius 1 is 1.21 bits per heavy atom. The lowest BCUT2D eigenvalue weighted by molar-refractivity contribution is 0.0947. The van der Waals surface area contributed by atoms with Gasteiger partial charge in [0.15, 0.2) is 0 Å². The number of carbonyl (C=O) groups excluding carboxylic acids is 1. The highest BCUT2D eigenvalue weighted by Gasteiger charge is 2.11. The summed E-state index contributed by atoms with van der Waals surface area (Å²) in [4.78, 5) is 11.8. The van der Waals surface area contributed by atoms with Crippen molar-refractivity contribution in [3.63, 3.8) is 0 Å². The predicted molar refractivity (Wildman–Crippen MR) is 76.7 cm³/mol. The lowest BCUT2D eigenvalue weighted by atomic mass is 10.2. The van der Waals surface area contributed by atoms with Gasteiger partial charge in [0.05, 0.1) is 5.56 Å². The molecule has 0 atom stereocenters. The average molecular weight is 343 g/mol. The van der Waals surface area contributed by atoms with Crippen LogP contribution in [0.2, 0.25) is 5.02 Å². The van der Waals surface area contributed by atoms with E-state index in [1.54, 1.807) is 0 Å². The summed E-state index contributed by atoms with van der Waals surface area (Å²) in [6, 6.07) is 11.4. The SMILES string of the molecule is O=C(NCc1ccc(Br)cc1)c1cc(Cl)ccc1F. The smallest absolute Gasteiger partial charge is 0.254 e. The van der Waals surface area contributed by atoms with Gasteiger partial charge in [-0.05, 0) is 35.9 Å². The minimum Gasteiger partial charge on any atom is -0.348 e. The van der Waals surface area contributed by atoms with Crippen LogP contribution in [-0.4, -0.2) is 5.91 Å². The van der Waals surface area contributed by atoms with E-state index in [2.05, 4.69) is 21.2 Å². The zero-order chi connectivity index (χ0) is 13.8. The molecule has 0 aliphatic rings. The number of nitrogens with one attached hydrogen (secondary N) is 1. The summed E-state index contributed by atoms with van der Waals surface area (Å²) >= 11 is 9.07. The van der Waals surface area contributed by atoms with Crippen LogP contribution in [0.15, 0.2) is 46.9 Å². The molecule has 0 radical (unpaired) electrons. The second kappa shape index (κ2) is 6.17. The molecular formula is C14H10BrClFNO. The van der Waals surface area contributed by atoms with Gasteiger partial charge in [-0.1, -0.05) is 39.7 Å². The molecule has 2 nitrogen and oxygen atoms in total. The van der Waals surface area contributed by atoms with Gasteiger partial charge in [0, 0.05) is 16.0 Å². The van der Waals surface area contributed by atoms with Crippen LogP contribution in [-0.2, 0) is 6.54 Å². The van der Waals surface area contributed by atoms with Crippen LogP contribution in [0, 0.1) is 5.82 Å². The van der Waals surface area contributed by atoms with E-state index in [1.165, 1.54) is 18.2 Å². The van der Waals surface area contributed by atoms with E-state index >= 15 is 0 Å². The number of hydrogen-bond donors (Lipinski definition) is 1. The Morgan fingerprint density at radius 2 is 1.89 bits per heavy atom. The number of halogens is 3. The van der Waals surface area contributed by atoms with Crippen molar-refractivity contribution in [3.8, 4) is 0 Å². The first-order chi connectivity index (χ1) is 9.06. The summed E-state index contributed by atoms with van der Waals surface area (Å²) in [5.74, 6) is -1.07. The van der Waals surface area contributed by atoms with Crippen LogP contribution in [0.1, 0.15) is 15.9 Å². The van der Waals surface area contributed by atoms with Crippen molar-refractivity contribution in [2.45, 2.75) is 6.54 Å². The number of benzene rings is 2. The molecule has 2 aromatic rings. The molecule has 0 spiro atoms. The predicted octanol–water partition coefficient (Wildman–Crippen LogP) is 4.17. The van der Waals surface area contributed by atoms with Gasteiger partial charge in [0.2, 0.25) is 0 Å². The van der Waals surface area contributed by atoms with Crippen LogP contribution >= 0.6 is 27.5 Å². The van der Waals surface area contributed by atoms with E-state index in [-0.39, 0.29) is 5.56 Å². The van der Waals surface area contributed by atoms with E-state index in [9.17, 15) is 9.18 Å². The van der Waals surface area contributed by atoms with Gasteiger partial charge in [-0.3, -0.25) is 4.79 Å². The molecule has 0 bridgehead atoms.